The van der Waals surface area contributed by atoms with Crippen LogP contribution in [-0.2, 0) is 11.3 Å². The van der Waals surface area contributed by atoms with Gasteiger partial charge in [0.2, 0.25) is 5.91 Å². The Kier molecular flexibility index (Phi) is 6.89. The van der Waals surface area contributed by atoms with E-state index in [1.54, 1.807) is 18.4 Å². The Bertz CT molecular complexity index is 842. The van der Waals surface area contributed by atoms with Crippen LogP contribution in [0.4, 0.5) is 0 Å². The summed E-state index contributed by atoms with van der Waals surface area (Å²) in [4.78, 5) is 22.0. The van der Waals surface area contributed by atoms with Crippen molar-refractivity contribution in [2.24, 2.45) is 0 Å². The number of ether oxygens (including phenoxy) is 2. The molecule has 0 aliphatic carbocycles. The predicted octanol–water partition coefficient (Wildman–Crippen LogP) is 4.27. The Labute approximate surface area is 182 Å². The second-order valence-corrected chi connectivity index (χ2v) is 9.00. The van der Waals surface area contributed by atoms with E-state index in [4.69, 9.17) is 9.47 Å². The lowest BCUT2D eigenvalue weighted by Gasteiger charge is -2.35. The molecule has 2 aliphatic heterocycles. The summed E-state index contributed by atoms with van der Waals surface area (Å²) in [7, 11) is 1.68. The average molecular weight is 430 g/mol. The first-order valence-electron chi connectivity index (χ1n) is 10.9. The van der Waals surface area contributed by atoms with Gasteiger partial charge in [0.05, 0.1) is 13.2 Å². The minimum Gasteiger partial charge on any atom is -0.497 e. The summed E-state index contributed by atoms with van der Waals surface area (Å²) in [6.07, 6.45) is 6.69. The third-order valence-corrected chi connectivity index (χ3v) is 6.95. The molecule has 1 saturated heterocycles. The molecule has 0 saturated carbocycles. The first-order chi connectivity index (χ1) is 14.7. The van der Waals surface area contributed by atoms with Gasteiger partial charge in [0.25, 0.3) is 0 Å². The predicted molar refractivity (Wildman–Crippen MR) is 118 cm³/mol. The molecule has 30 heavy (non-hydrogen) atoms. The van der Waals surface area contributed by atoms with Gasteiger partial charge in [-0.3, -0.25) is 9.69 Å². The molecule has 0 N–H and O–H groups in total. The Hall–Kier alpha value is -2.12. The molecule has 7 heteroatoms. The van der Waals surface area contributed by atoms with Gasteiger partial charge >= 0.3 is 0 Å². The Morgan fingerprint density at radius 2 is 2.27 bits per heavy atom. The molecule has 162 valence electrons. The Balaban J connectivity index is 1.43. The topological polar surface area (TPSA) is 54.9 Å². The molecule has 1 amide bonds. The summed E-state index contributed by atoms with van der Waals surface area (Å²) >= 11 is 1.65. The van der Waals surface area contributed by atoms with E-state index >= 15 is 0 Å². The first-order valence-corrected chi connectivity index (χ1v) is 11.8. The van der Waals surface area contributed by atoms with E-state index in [1.807, 2.05) is 29.8 Å². The summed E-state index contributed by atoms with van der Waals surface area (Å²) < 4.78 is 11.6. The molecule has 0 spiro atoms. The van der Waals surface area contributed by atoms with Gasteiger partial charge in [0.15, 0.2) is 0 Å². The van der Waals surface area contributed by atoms with Crippen molar-refractivity contribution in [1.29, 1.82) is 0 Å². The van der Waals surface area contributed by atoms with Gasteiger partial charge < -0.3 is 14.4 Å². The molecular weight excluding hydrogens is 398 g/mol. The quantitative estimate of drug-likeness (QED) is 0.686. The molecule has 3 heterocycles. The van der Waals surface area contributed by atoms with E-state index in [9.17, 15) is 4.79 Å². The third kappa shape index (κ3) is 4.78. The van der Waals surface area contributed by atoms with Crippen molar-refractivity contribution in [1.82, 2.24) is 14.8 Å². The number of piperidine rings is 1. The number of carbonyl (C=O) groups is 1. The number of hydrogen-bond donors (Lipinski definition) is 0. The fourth-order valence-corrected chi connectivity index (χ4v) is 5.18. The number of aromatic nitrogens is 1. The lowest BCUT2D eigenvalue weighted by Crippen LogP contribution is -2.41. The lowest BCUT2D eigenvalue weighted by molar-refractivity contribution is -0.135. The molecule has 2 unspecified atom stereocenters. The number of thiazole rings is 1. The summed E-state index contributed by atoms with van der Waals surface area (Å²) in [6.45, 7) is 5.32. The van der Waals surface area contributed by atoms with E-state index in [0.29, 0.717) is 6.42 Å². The average Bonchev–Trinajstić information content (AvgIpc) is 3.25. The van der Waals surface area contributed by atoms with Crippen LogP contribution in [0.25, 0.3) is 0 Å². The summed E-state index contributed by atoms with van der Waals surface area (Å²) in [6, 6.07) is 6.13. The molecule has 2 aliphatic rings. The SMILES string of the molecule is CCC1CN(CCC(=O)N2CCCCC2c2nccs2)Cc2cc(OC)ccc2O1. The van der Waals surface area contributed by atoms with Crippen LogP contribution < -0.4 is 9.47 Å². The molecule has 4 rings (SSSR count). The number of rotatable bonds is 6. The van der Waals surface area contributed by atoms with E-state index in [-0.39, 0.29) is 18.1 Å². The zero-order chi connectivity index (χ0) is 20.9. The lowest BCUT2D eigenvalue weighted by atomic mass is 10.0. The van der Waals surface area contributed by atoms with E-state index < -0.39 is 0 Å². The van der Waals surface area contributed by atoms with Gasteiger partial charge in [0, 0.05) is 49.7 Å². The molecule has 2 atom stereocenters. The number of hydrogen-bond acceptors (Lipinski definition) is 6. The van der Waals surface area contributed by atoms with Crippen molar-refractivity contribution in [3.05, 3.63) is 40.3 Å². The number of benzene rings is 1. The van der Waals surface area contributed by atoms with Crippen molar-refractivity contribution >= 4 is 17.2 Å². The van der Waals surface area contributed by atoms with Crippen LogP contribution in [0.3, 0.4) is 0 Å². The highest BCUT2D eigenvalue weighted by atomic mass is 32.1. The molecule has 6 nitrogen and oxygen atoms in total. The largest absolute Gasteiger partial charge is 0.497 e. The monoisotopic (exact) mass is 429 g/mol. The molecule has 1 aromatic carbocycles. The van der Waals surface area contributed by atoms with E-state index in [2.05, 4.69) is 21.7 Å². The molecule has 2 aromatic rings. The smallest absolute Gasteiger partial charge is 0.224 e. The van der Waals surface area contributed by atoms with Crippen LogP contribution in [0.2, 0.25) is 0 Å². The molecule has 0 bridgehead atoms. The number of likely N-dealkylation sites (tertiary alicyclic amines) is 1. The van der Waals surface area contributed by atoms with Crippen molar-refractivity contribution < 1.29 is 14.3 Å². The van der Waals surface area contributed by atoms with Crippen molar-refractivity contribution in [2.75, 3.05) is 26.7 Å². The highest BCUT2D eigenvalue weighted by Crippen LogP contribution is 2.33. The minimum atomic E-state index is 0.132. The van der Waals surface area contributed by atoms with Gasteiger partial charge in [0.1, 0.15) is 22.6 Å². The minimum absolute atomic E-state index is 0.132. The maximum absolute atomic E-state index is 13.2. The van der Waals surface area contributed by atoms with Crippen LogP contribution in [0, 0.1) is 0 Å². The van der Waals surface area contributed by atoms with Crippen LogP contribution >= 0.6 is 11.3 Å². The standard InChI is InChI=1S/C23H31N3O3S/c1-3-18-16-25(15-17-14-19(28-2)7-8-21(17)29-18)12-9-22(27)26-11-5-4-6-20(26)23-24-10-13-30-23/h7-8,10,13-14,18,20H,3-6,9,11-12,15-16H2,1-2H3. The highest BCUT2D eigenvalue weighted by Gasteiger charge is 2.30. The Morgan fingerprint density at radius 1 is 1.37 bits per heavy atom. The van der Waals surface area contributed by atoms with Crippen molar-refractivity contribution in [2.45, 2.75) is 57.7 Å². The van der Waals surface area contributed by atoms with Gasteiger partial charge in [-0.2, -0.15) is 0 Å². The van der Waals surface area contributed by atoms with Gasteiger partial charge in [-0.15, -0.1) is 11.3 Å². The molecule has 1 aromatic heterocycles. The molecular formula is C23H31N3O3S. The summed E-state index contributed by atoms with van der Waals surface area (Å²) in [5.74, 6) is 2.00. The number of carbonyl (C=O) groups excluding carboxylic acids is 1. The van der Waals surface area contributed by atoms with Crippen LogP contribution in [0.5, 0.6) is 11.5 Å². The van der Waals surface area contributed by atoms with Gasteiger partial charge in [-0.25, -0.2) is 4.98 Å². The maximum Gasteiger partial charge on any atom is 0.224 e. The number of fused-ring (bicyclic) bond motifs is 1. The summed E-state index contributed by atoms with van der Waals surface area (Å²) in [5.41, 5.74) is 1.12. The zero-order valence-corrected chi connectivity index (χ0v) is 18.7. The second kappa shape index (κ2) is 9.79. The number of methoxy groups -OCH3 is 1. The fraction of sp³-hybridized carbons (Fsp3) is 0.565. The highest BCUT2D eigenvalue weighted by molar-refractivity contribution is 7.09. The van der Waals surface area contributed by atoms with E-state index in [1.165, 1.54) is 0 Å². The molecule has 0 radical (unpaired) electrons. The van der Waals surface area contributed by atoms with Gasteiger partial charge in [-0.1, -0.05) is 6.92 Å². The van der Waals surface area contributed by atoms with Crippen molar-refractivity contribution in [3.63, 3.8) is 0 Å². The normalized spacial score (nSPS) is 22.1. The van der Waals surface area contributed by atoms with Crippen LogP contribution in [0.1, 0.15) is 55.6 Å². The second-order valence-electron chi connectivity index (χ2n) is 8.08. The van der Waals surface area contributed by atoms with Crippen LogP contribution in [-0.4, -0.2) is 53.5 Å². The Morgan fingerprint density at radius 3 is 3.03 bits per heavy atom. The maximum atomic E-state index is 13.2. The van der Waals surface area contributed by atoms with E-state index in [0.717, 1.165) is 73.9 Å². The zero-order valence-electron chi connectivity index (χ0n) is 17.9. The van der Waals surface area contributed by atoms with Crippen LogP contribution in [0.15, 0.2) is 29.8 Å². The third-order valence-electron chi connectivity index (χ3n) is 6.07. The number of amides is 1. The van der Waals surface area contributed by atoms with Crippen molar-refractivity contribution in [3.8, 4) is 11.5 Å². The first kappa shape index (κ1) is 21.1. The number of nitrogens with zero attached hydrogens (tertiary/aromatic N) is 3. The summed E-state index contributed by atoms with van der Waals surface area (Å²) in [5, 5.41) is 3.07. The van der Waals surface area contributed by atoms with Gasteiger partial charge in [-0.05, 0) is 43.9 Å². The molecule has 1 fully saturated rings. The fourth-order valence-electron chi connectivity index (χ4n) is 4.40.